The van der Waals surface area contributed by atoms with Crippen LogP contribution in [-0.2, 0) is 6.42 Å². The molecule has 2 rings (SSSR count). The molecule has 0 saturated carbocycles. The van der Waals surface area contributed by atoms with Crippen molar-refractivity contribution in [2.24, 2.45) is 0 Å². The third kappa shape index (κ3) is 2.29. The van der Waals surface area contributed by atoms with Crippen molar-refractivity contribution in [3.8, 4) is 0 Å². The molecule has 0 amide bonds. The molecule has 1 nitrogen and oxygen atoms in total. The lowest BCUT2D eigenvalue weighted by atomic mass is 10.0. The molecule has 1 N–H and O–H groups in total. The van der Waals surface area contributed by atoms with Gasteiger partial charge in [-0.3, -0.25) is 0 Å². The van der Waals surface area contributed by atoms with Gasteiger partial charge in [0.2, 0.25) is 0 Å². The SMILES string of the molecule is C=C(C)CNC1CCc2ccc(C)cc21. The molecule has 1 aliphatic rings. The molecule has 80 valence electrons. The van der Waals surface area contributed by atoms with Crippen LogP contribution in [0.5, 0.6) is 0 Å². The fourth-order valence-electron chi connectivity index (χ4n) is 2.23. The van der Waals surface area contributed by atoms with Crippen LogP contribution in [0.2, 0.25) is 0 Å². The molecule has 1 aliphatic carbocycles. The minimum absolute atomic E-state index is 0.539. The number of fused-ring (bicyclic) bond motifs is 1. The molecule has 1 unspecified atom stereocenters. The molecule has 0 bridgehead atoms. The monoisotopic (exact) mass is 201 g/mol. The van der Waals surface area contributed by atoms with Crippen molar-refractivity contribution >= 4 is 0 Å². The summed E-state index contributed by atoms with van der Waals surface area (Å²) in [6, 6.07) is 7.34. The lowest BCUT2D eigenvalue weighted by Gasteiger charge is -2.14. The Bertz CT molecular complexity index is 379. The first kappa shape index (κ1) is 10.4. The van der Waals surface area contributed by atoms with Gasteiger partial charge in [0.15, 0.2) is 0 Å². The first-order valence-corrected chi connectivity index (χ1v) is 5.64. The summed E-state index contributed by atoms with van der Waals surface area (Å²) in [5.74, 6) is 0. The highest BCUT2D eigenvalue weighted by molar-refractivity contribution is 5.37. The van der Waals surface area contributed by atoms with Gasteiger partial charge in [0, 0.05) is 12.6 Å². The van der Waals surface area contributed by atoms with Gasteiger partial charge in [0.25, 0.3) is 0 Å². The molecule has 0 aromatic heterocycles. The highest BCUT2D eigenvalue weighted by Gasteiger charge is 2.21. The summed E-state index contributed by atoms with van der Waals surface area (Å²) in [6.45, 7) is 9.09. The van der Waals surface area contributed by atoms with Gasteiger partial charge in [-0.1, -0.05) is 35.9 Å². The van der Waals surface area contributed by atoms with Crippen molar-refractivity contribution in [2.75, 3.05) is 6.54 Å². The molecule has 1 aromatic rings. The van der Waals surface area contributed by atoms with Crippen LogP contribution in [-0.4, -0.2) is 6.54 Å². The molecular formula is C14H19N. The zero-order valence-electron chi connectivity index (χ0n) is 9.64. The summed E-state index contributed by atoms with van der Waals surface area (Å²) in [5.41, 5.74) is 5.57. The Kier molecular flexibility index (Phi) is 2.92. The molecular weight excluding hydrogens is 182 g/mol. The number of rotatable bonds is 3. The molecule has 1 atom stereocenters. The van der Waals surface area contributed by atoms with Gasteiger partial charge in [-0.15, -0.1) is 0 Å². The van der Waals surface area contributed by atoms with Crippen LogP contribution in [0, 0.1) is 6.92 Å². The molecule has 1 heteroatoms. The summed E-state index contributed by atoms with van der Waals surface area (Å²) in [7, 11) is 0. The van der Waals surface area contributed by atoms with E-state index in [0.717, 1.165) is 6.54 Å². The van der Waals surface area contributed by atoms with E-state index in [9.17, 15) is 0 Å². The van der Waals surface area contributed by atoms with Crippen LogP contribution in [0.3, 0.4) is 0 Å². The van der Waals surface area contributed by atoms with Crippen molar-refractivity contribution < 1.29 is 0 Å². The summed E-state index contributed by atoms with van der Waals surface area (Å²) in [5, 5.41) is 3.56. The van der Waals surface area contributed by atoms with E-state index in [-0.39, 0.29) is 0 Å². The molecule has 0 spiro atoms. The Labute approximate surface area is 92.2 Å². The average Bonchev–Trinajstić information content (AvgIpc) is 2.57. The van der Waals surface area contributed by atoms with Gasteiger partial charge in [0.05, 0.1) is 0 Å². The van der Waals surface area contributed by atoms with Crippen LogP contribution in [0.15, 0.2) is 30.4 Å². The Morgan fingerprint density at radius 1 is 1.53 bits per heavy atom. The number of benzene rings is 1. The normalized spacial score (nSPS) is 18.9. The van der Waals surface area contributed by atoms with E-state index in [1.807, 2.05) is 0 Å². The summed E-state index contributed by atoms with van der Waals surface area (Å²) in [4.78, 5) is 0. The van der Waals surface area contributed by atoms with Crippen LogP contribution in [0.25, 0.3) is 0 Å². The van der Waals surface area contributed by atoms with Crippen LogP contribution >= 0.6 is 0 Å². The van der Waals surface area contributed by atoms with Crippen molar-refractivity contribution in [1.29, 1.82) is 0 Å². The van der Waals surface area contributed by atoms with Gasteiger partial charge < -0.3 is 5.32 Å². The highest BCUT2D eigenvalue weighted by atomic mass is 14.9. The standard InChI is InChI=1S/C14H19N/c1-10(2)9-15-14-7-6-12-5-4-11(3)8-13(12)14/h4-5,8,14-15H,1,6-7,9H2,2-3H3. The van der Waals surface area contributed by atoms with Gasteiger partial charge in [-0.2, -0.15) is 0 Å². The maximum atomic E-state index is 3.93. The number of hydrogen-bond acceptors (Lipinski definition) is 1. The Hall–Kier alpha value is -1.08. The van der Waals surface area contributed by atoms with Crippen molar-refractivity contribution in [2.45, 2.75) is 32.7 Å². The van der Waals surface area contributed by atoms with E-state index in [1.54, 1.807) is 0 Å². The maximum absolute atomic E-state index is 3.93. The molecule has 0 saturated heterocycles. The van der Waals surface area contributed by atoms with E-state index >= 15 is 0 Å². The lowest BCUT2D eigenvalue weighted by Crippen LogP contribution is -2.20. The topological polar surface area (TPSA) is 12.0 Å². The highest BCUT2D eigenvalue weighted by Crippen LogP contribution is 2.31. The van der Waals surface area contributed by atoms with E-state index in [1.165, 1.54) is 35.1 Å². The van der Waals surface area contributed by atoms with E-state index in [0.29, 0.717) is 6.04 Å². The third-order valence-corrected chi connectivity index (χ3v) is 3.03. The molecule has 0 heterocycles. The Balaban J connectivity index is 2.13. The quantitative estimate of drug-likeness (QED) is 0.741. The van der Waals surface area contributed by atoms with Crippen LogP contribution < -0.4 is 5.32 Å². The summed E-state index contributed by atoms with van der Waals surface area (Å²) in [6.07, 6.45) is 2.44. The van der Waals surface area contributed by atoms with Gasteiger partial charge in [-0.05, 0) is 37.8 Å². The second kappa shape index (κ2) is 4.19. The minimum atomic E-state index is 0.539. The zero-order valence-corrected chi connectivity index (χ0v) is 9.64. The smallest absolute Gasteiger partial charge is 0.0329 e. The third-order valence-electron chi connectivity index (χ3n) is 3.03. The summed E-state index contributed by atoms with van der Waals surface area (Å²) < 4.78 is 0. The molecule has 0 aliphatic heterocycles. The predicted molar refractivity (Wildman–Crippen MR) is 65.1 cm³/mol. The fraction of sp³-hybridized carbons (Fsp3) is 0.429. The second-order valence-corrected chi connectivity index (χ2v) is 4.63. The second-order valence-electron chi connectivity index (χ2n) is 4.63. The van der Waals surface area contributed by atoms with Crippen molar-refractivity contribution in [3.63, 3.8) is 0 Å². The van der Waals surface area contributed by atoms with Crippen molar-refractivity contribution in [1.82, 2.24) is 5.32 Å². The molecule has 15 heavy (non-hydrogen) atoms. The molecule has 1 aromatic carbocycles. The molecule has 0 radical (unpaired) electrons. The van der Waals surface area contributed by atoms with Gasteiger partial charge in [0.1, 0.15) is 0 Å². The summed E-state index contributed by atoms with van der Waals surface area (Å²) >= 11 is 0. The fourth-order valence-corrected chi connectivity index (χ4v) is 2.23. The van der Waals surface area contributed by atoms with Crippen LogP contribution in [0.4, 0.5) is 0 Å². The van der Waals surface area contributed by atoms with E-state index in [2.05, 4.69) is 43.9 Å². The molecule has 0 fully saturated rings. The zero-order chi connectivity index (χ0) is 10.8. The van der Waals surface area contributed by atoms with Crippen LogP contribution in [0.1, 0.15) is 36.1 Å². The Morgan fingerprint density at radius 2 is 2.33 bits per heavy atom. The Morgan fingerprint density at radius 3 is 3.07 bits per heavy atom. The van der Waals surface area contributed by atoms with Gasteiger partial charge in [-0.25, -0.2) is 0 Å². The first-order valence-electron chi connectivity index (χ1n) is 5.64. The lowest BCUT2D eigenvalue weighted by molar-refractivity contribution is 0.556. The number of aryl methyl sites for hydroxylation is 2. The predicted octanol–water partition coefficient (Wildman–Crippen LogP) is 3.15. The maximum Gasteiger partial charge on any atom is 0.0329 e. The number of nitrogens with one attached hydrogen (secondary N) is 1. The van der Waals surface area contributed by atoms with Crippen molar-refractivity contribution in [3.05, 3.63) is 47.0 Å². The first-order chi connectivity index (χ1) is 7.16. The minimum Gasteiger partial charge on any atom is -0.306 e. The number of hydrogen-bond donors (Lipinski definition) is 1. The van der Waals surface area contributed by atoms with E-state index < -0.39 is 0 Å². The van der Waals surface area contributed by atoms with Gasteiger partial charge >= 0.3 is 0 Å². The van der Waals surface area contributed by atoms with E-state index in [4.69, 9.17) is 0 Å². The average molecular weight is 201 g/mol. The largest absolute Gasteiger partial charge is 0.306 e.